The van der Waals surface area contributed by atoms with Gasteiger partial charge in [-0.3, -0.25) is 4.79 Å². The Bertz CT molecular complexity index is 768. The maximum atomic E-state index is 11.9. The zero-order valence-corrected chi connectivity index (χ0v) is 16.6. The molecule has 1 rings (SSSR count). The van der Waals surface area contributed by atoms with E-state index in [4.69, 9.17) is 13.7 Å². The van der Waals surface area contributed by atoms with Crippen molar-refractivity contribution < 1.29 is 31.7 Å². The number of hydrogen-bond donors (Lipinski definition) is 1. The first kappa shape index (κ1) is 21.8. The predicted octanol–water partition coefficient (Wildman–Crippen LogP) is 2.33. The largest absolute Gasteiger partial charge is 0.453 e. The van der Waals surface area contributed by atoms with Gasteiger partial charge in [-0.25, -0.2) is 4.79 Å². The van der Waals surface area contributed by atoms with Crippen molar-refractivity contribution in [2.24, 2.45) is 0 Å². The van der Waals surface area contributed by atoms with Crippen molar-refractivity contribution in [2.75, 3.05) is 12.8 Å². The third kappa shape index (κ3) is 7.73. The van der Waals surface area contributed by atoms with Gasteiger partial charge in [0.15, 0.2) is 5.60 Å². The summed E-state index contributed by atoms with van der Waals surface area (Å²) in [6, 6.07) is 6.08. The summed E-state index contributed by atoms with van der Waals surface area (Å²) < 4.78 is 38.0. The van der Waals surface area contributed by atoms with Crippen LogP contribution in [0.25, 0.3) is 0 Å². The number of rotatable bonds is 6. The van der Waals surface area contributed by atoms with E-state index < -0.39 is 33.4 Å². The van der Waals surface area contributed by atoms with E-state index in [9.17, 15) is 18.0 Å². The molecule has 0 fully saturated rings. The van der Waals surface area contributed by atoms with E-state index in [1.165, 1.54) is 19.1 Å². The van der Waals surface area contributed by atoms with Crippen LogP contribution in [0.4, 0.5) is 4.79 Å². The van der Waals surface area contributed by atoms with E-state index in [-0.39, 0.29) is 12.3 Å². The monoisotopic (exact) mass is 387 g/mol. The van der Waals surface area contributed by atoms with Gasteiger partial charge in [-0.1, -0.05) is 12.1 Å². The van der Waals surface area contributed by atoms with Crippen molar-refractivity contribution >= 4 is 22.2 Å². The molecule has 8 nitrogen and oxygen atoms in total. The Hall–Kier alpha value is -2.29. The molecule has 9 heteroatoms. The predicted molar refractivity (Wildman–Crippen MR) is 95.3 cm³/mol. The molecular weight excluding hydrogens is 362 g/mol. The van der Waals surface area contributed by atoms with Crippen molar-refractivity contribution in [2.45, 2.75) is 45.8 Å². The molecule has 146 valence electrons. The normalized spacial score (nSPS) is 14.1. The first-order valence-corrected chi connectivity index (χ1v) is 9.68. The minimum atomic E-state index is -3.71. The highest BCUT2D eigenvalue weighted by Gasteiger charge is 2.32. The van der Waals surface area contributed by atoms with Gasteiger partial charge in [0, 0.05) is 12.5 Å². The second-order valence-corrected chi connectivity index (χ2v) is 8.57. The number of hydrogen-bond acceptors (Lipinski definition) is 7. The molecular formula is C17H25NO7S. The molecule has 1 N–H and O–H groups in total. The van der Waals surface area contributed by atoms with E-state index in [1.54, 1.807) is 39.8 Å². The molecule has 0 bridgehead atoms. The molecule has 0 aliphatic carbocycles. The first-order chi connectivity index (χ1) is 11.7. The van der Waals surface area contributed by atoms with Crippen molar-refractivity contribution in [3.8, 4) is 5.75 Å². The number of alkyl carbamates (subject to hydrolysis) is 1. The van der Waals surface area contributed by atoms with Crippen LogP contribution in [0.5, 0.6) is 5.75 Å². The standard InChI is InChI=1S/C17H25NO7S/c1-12(19)23-17(5,11-18-15(20)24-16(2,3)4)13-8-7-9-14(10-13)25-26(6,21)22/h7-10H,11H2,1-6H3,(H,18,20). The lowest BCUT2D eigenvalue weighted by Crippen LogP contribution is -2.43. The van der Waals surface area contributed by atoms with Crippen molar-refractivity contribution in [1.82, 2.24) is 5.32 Å². The van der Waals surface area contributed by atoms with Crippen LogP contribution in [0.15, 0.2) is 24.3 Å². The zero-order chi connectivity index (χ0) is 20.2. The molecule has 26 heavy (non-hydrogen) atoms. The fourth-order valence-electron chi connectivity index (χ4n) is 2.12. The van der Waals surface area contributed by atoms with Gasteiger partial charge < -0.3 is 19.0 Å². The molecule has 1 amide bonds. The summed E-state index contributed by atoms with van der Waals surface area (Å²) >= 11 is 0. The first-order valence-electron chi connectivity index (χ1n) is 7.87. The zero-order valence-electron chi connectivity index (χ0n) is 15.8. The van der Waals surface area contributed by atoms with Crippen molar-refractivity contribution in [3.05, 3.63) is 29.8 Å². The lowest BCUT2D eigenvalue weighted by Gasteiger charge is -2.30. The van der Waals surface area contributed by atoms with Crippen molar-refractivity contribution in [1.29, 1.82) is 0 Å². The molecule has 1 unspecified atom stereocenters. The van der Waals surface area contributed by atoms with Gasteiger partial charge in [-0.15, -0.1) is 0 Å². The number of carbonyl (C=O) groups is 2. The van der Waals surface area contributed by atoms with Crippen LogP contribution in [0.1, 0.15) is 40.2 Å². The summed E-state index contributed by atoms with van der Waals surface area (Å²) in [5.74, 6) is -0.492. The molecule has 0 saturated heterocycles. The molecule has 0 saturated carbocycles. The molecule has 0 aromatic heterocycles. The van der Waals surface area contributed by atoms with E-state index in [1.807, 2.05) is 0 Å². The molecule has 1 aromatic carbocycles. The van der Waals surface area contributed by atoms with Gasteiger partial charge in [-0.2, -0.15) is 8.42 Å². The molecule has 0 heterocycles. The SMILES string of the molecule is CC(=O)OC(C)(CNC(=O)OC(C)(C)C)c1cccc(OS(C)(=O)=O)c1. The van der Waals surface area contributed by atoms with Gasteiger partial charge in [0.05, 0.1) is 12.8 Å². The Balaban J connectivity index is 3.06. The Labute approximate surface area is 153 Å². The highest BCUT2D eigenvalue weighted by Crippen LogP contribution is 2.28. The lowest BCUT2D eigenvalue weighted by atomic mass is 9.95. The summed E-state index contributed by atoms with van der Waals surface area (Å²) in [4.78, 5) is 23.4. The van der Waals surface area contributed by atoms with Gasteiger partial charge >= 0.3 is 22.2 Å². The highest BCUT2D eigenvalue weighted by atomic mass is 32.2. The Kier molecular flexibility index (Phi) is 6.65. The highest BCUT2D eigenvalue weighted by molar-refractivity contribution is 7.86. The molecule has 1 aromatic rings. The third-order valence-corrected chi connectivity index (χ3v) is 3.53. The number of ether oxygens (including phenoxy) is 2. The summed E-state index contributed by atoms with van der Waals surface area (Å²) in [5, 5.41) is 2.55. The Morgan fingerprint density at radius 2 is 1.73 bits per heavy atom. The van der Waals surface area contributed by atoms with Crippen LogP contribution in [0.3, 0.4) is 0 Å². The number of carbonyl (C=O) groups excluding carboxylic acids is 2. The molecule has 0 aliphatic heterocycles. The van der Waals surface area contributed by atoms with E-state index in [0.717, 1.165) is 6.26 Å². The van der Waals surface area contributed by atoms with E-state index in [0.29, 0.717) is 5.56 Å². The second kappa shape index (κ2) is 7.94. The van der Waals surface area contributed by atoms with E-state index in [2.05, 4.69) is 5.32 Å². The van der Waals surface area contributed by atoms with Crippen LogP contribution in [-0.2, 0) is 30.0 Å². The number of esters is 1. The third-order valence-electron chi connectivity index (χ3n) is 3.03. The average Bonchev–Trinajstić information content (AvgIpc) is 2.41. The van der Waals surface area contributed by atoms with Gasteiger partial charge in [0.25, 0.3) is 0 Å². The maximum Gasteiger partial charge on any atom is 0.407 e. The van der Waals surface area contributed by atoms with Crippen LogP contribution < -0.4 is 9.50 Å². The summed E-state index contributed by atoms with van der Waals surface area (Å²) in [6.45, 7) is 7.93. The minimum Gasteiger partial charge on any atom is -0.453 e. The summed E-state index contributed by atoms with van der Waals surface area (Å²) in [5.41, 5.74) is -1.48. The van der Waals surface area contributed by atoms with Gasteiger partial charge in [0.2, 0.25) is 0 Å². The van der Waals surface area contributed by atoms with Gasteiger partial charge in [0.1, 0.15) is 11.4 Å². The molecule has 0 radical (unpaired) electrons. The number of benzene rings is 1. The van der Waals surface area contributed by atoms with Crippen LogP contribution in [0, 0.1) is 0 Å². The second-order valence-electron chi connectivity index (χ2n) is 7.00. The van der Waals surface area contributed by atoms with Crippen LogP contribution in [0.2, 0.25) is 0 Å². The topological polar surface area (TPSA) is 108 Å². The number of nitrogens with one attached hydrogen (secondary N) is 1. The Morgan fingerprint density at radius 1 is 1.12 bits per heavy atom. The quantitative estimate of drug-likeness (QED) is 0.589. The lowest BCUT2D eigenvalue weighted by molar-refractivity contribution is -0.156. The maximum absolute atomic E-state index is 11.9. The number of amides is 1. The molecule has 0 spiro atoms. The van der Waals surface area contributed by atoms with Crippen molar-refractivity contribution in [3.63, 3.8) is 0 Å². The molecule has 0 aliphatic rings. The fraction of sp³-hybridized carbons (Fsp3) is 0.529. The Morgan fingerprint density at radius 3 is 2.23 bits per heavy atom. The van der Waals surface area contributed by atoms with Gasteiger partial charge in [-0.05, 0) is 39.8 Å². The van der Waals surface area contributed by atoms with Crippen LogP contribution >= 0.6 is 0 Å². The minimum absolute atomic E-state index is 0.0700. The van der Waals surface area contributed by atoms with E-state index >= 15 is 0 Å². The summed E-state index contributed by atoms with van der Waals surface area (Å²) in [7, 11) is -3.71. The molecule has 1 atom stereocenters. The van der Waals surface area contributed by atoms with Crippen LogP contribution in [-0.4, -0.2) is 38.9 Å². The smallest absolute Gasteiger partial charge is 0.407 e. The average molecular weight is 387 g/mol. The fourth-order valence-corrected chi connectivity index (χ4v) is 2.57. The summed E-state index contributed by atoms with van der Waals surface area (Å²) in [6.07, 6.45) is 0.258.